The Morgan fingerprint density at radius 1 is 1.22 bits per heavy atom. The molecular formula is C21H24N4O2. The van der Waals surface area contributed by atoms with E-state index in [9.17, 15) is 4.79 Å². The van der Waals surface area contributed by atoms with Crippen LogP contribution in [0.3, 0.4) is 0 Å². The van der Waals surface area contributed by atoms with E-state index in [1.165, 1.54) is 30.2 Å². The third kappa shape index (κ3) is 5.00. The molecule has 1 aliphatic carbocycles. The smallest absolute Gasteiger partial charge is 0.291 e. The normalized spacial score (nSPS) is 14.4. The van der Waals surface area contributed by atoms with Crippen LogP contribution in [0, 0.1) is 0 Å². The zero-order valence-corrected chi connectivity index (χ0v) is 15.7. The van der Waals surface area contributed by atoms with E-state index in [0.717, 1.165) is 24.2 Å². The number of carbonyl (C=O) groups excluding carboxylic acids is 1. The van der Waals surface area contributed by atoms with Gasteiger partial charge in [0.25, 0.3) is 5.91 Å². The summed E-state index contributed by atoms with van der Waals surface area (Å²) in [4.78, 5) is 20.9. The van der Waals surface area contributed by atoms with Crippen molar-refractivity contribution in [2.45, 2.75) is 39.5 Å². The van der Waals surface area contributed by atoms with Gasteiger partial charge >= 0.3 is 0 Å². The van der Waals surface area contributed by atoms with E-state index in [2.05, 4.69) is 27.4 Å². The Labute approximate surface area is 159 Å². The molecule has 0 aliphatic heterocycles. The van der Waals surface area contributed by atoms with Gasteiger partial charge in [-0.3, -0.25) is 9.78 Å². The highest BCUT2D eigenvalue weighted by Gasteiger charge is 2.10. The van der Waals surface area contributed by atoms with Crippen molar-refractivity contribution in [3.8, 4) is 17.0 Å². The maximum absolute atomic E-state index is 12.3. The van der Waals surface area contributed by atoms with E-state index < -0.39 is 0 Å². The number of benzene rings is 1. The first kappa shape index (κ1) is 18.8. The molecule has 6 nitrogen and oxygen atoms in total. The lowest BCUT2D eigenvalue weighted by Gasteiger charge is -2.13. The van der Waals surface area contributed by atoms with E-state index >= 15 is 0 Å². The van der Waals surface area contributed by atoms with E-state index in [-0.39, 0.29) is 11.6 Å². The van der Waals surface area contributed by atoms with Gasteiger partial charge in [-0.1, -0.05) is 5.57 Å². The molecule has 0 bridgehead atoms. The number of nitrogens with zero attached hydrogens (tertiary/aromatic N) is 3. The quantitative estimate of drug-likeness (QED) is 0.617. The Kier molecular flexibility index (Phi) is 6.30. The Hall–Kier alpha value is -3.02. The number of carbonyl (C=O) groups is 1. The van der Waals surface area contributed by atoms with Crippen molar-refractivity contribution < 1.29 is 9.53 Å². The van der Waals surface area contributed by atoms with Gasteiger partial charge in [-0.2, -0.15) is 5.10 Å². The van der Waals surface area contributed by atoms with Crippen LogP contribution in [0.2, 0.25) is 0 Å². The van der Waals surface area contributed by atoms with Crippen LogP contribution >= 0.6 is 0 Å². The van der Waals surface area contributed by atoms with Gasteiger partial charge in [0.15, 0.2) is 0 Å². The molecule has 0 fully saturated rings. The average molecular weight is 364 g/mol. The summed E-state index contributed by atoms with van der Waals surface area (Å²) >= 11 is 0. The number of hydrogen-bond acceptors (Lipinski definition) is 5. The first-order valence-corrected chi connectivity index (χ1v) is 9.24. The molecule has 0 radical (unpaired) electrons. The predicted octanol–water partition coefficient (Wildman–Crippen LogP) is 4.15. The summed E-state index contributed by atoms with van der Waals surface area (Å²) in [6.45, 7) is 4.68. The summed E-state index contributed by atoms with van der Waals surface area (Å²) in [5, 5.41) is 4.09. The summed E-state index contributed by atoms with van der Waals surface area (Å²) in [6, 6.07) is 7.54. The fourth-order valence-corrected chi connectivity index (χ4v) is 2.98. The molecule has 1 aromatic carbocycles. The maximum Gasteiger partial charge on any atom is 0.291 e. The van der Waals surface area contributed by atoms with Gasteiger partial charge in [0, 0.05) is 5.56 Å². The molecule has 6 heteroatoms. The second-order valence-electron chi connectivity index (χ2n) is 6.46. The van der Waals surface area contributed by atoms with Gasteiger partial charge in [0.05, 0.1) is 30.9 Å². The number of hydrazone groups is 1. The van der Waals surface area contributed by atoms with Crippen molar-refractivity contribution in [3.63, 3.8) is 0 Å². The molecule has 1 heterocycles. The van der Waals surface area contributed by atoms with Gasteiger partial charge in [-0.05, 0) is 69.4 Å². The largest absolute Gasteiger partial charge is 0.494 e. The molecule has 3 rings (SSSR count). The van der Waals surface area contributed by atoms with Crippen molar-refractivity contribution in [3.05, 3.63) is 53.5 Å². The number of ether oxygens (including phenoxy) is 1. The van der Waals surface area contributed by atoms with Crippen LogP contribution in [0.4, 0.5) is 0 Å². The molecule has 0 saturated heterocycles. The van der Waals surface area contributed by atoms with Gasteiger partial charge in [0.2, 0.25) is 0 Å². The number of hydrogen-bond donors (Lipinski definition) is 1. The highest BCUT2D eigenvalue weighted by Crippen LogP contribution is 2.23. The van der Waals surface area contributed by atoms with Gasteiger partial charge < -0.3 is 4.74 Å². The van der Waals surface area contributed by atoms with Crippen LogP contribution in [0.15, 0.2) is 52.9 Å². The van der Waals surface area contributed by atoms with Crippen molar-refractivity contribution >= 4 is 12.1 Å². The minimum absolute atomic E-state index is 0.230. The molecule has 27 heavy (non-hydrogen) atoms. The molecule has 1 aromatic heterocycles. The zero-order chi connectivity index (χ0) is 19.1. The van der Waals surface area contributed by atoms with E-state index in [1.54, 1.807) is 12.4 Å². The molecule has 0 spiro atoms. The molecule has 0 unspecified atom stereocenters. The van der Waals surface area contributed by atoms with Crippen LogP contribution in [0.5, 0.6) is 5.75 Å². The Morgan fingerprint density at radius 2 is 2.00 bits per heavy atom. The molecule has 0 atom stereocenters. The third-order valence-corrected chi connectivity index (χ3v) is 4.51. The summed E-state index contributed by atoms with van der Waals surface area (Å²) in [6.07, 6.45) is 9.32. The minimum atomic E-state index is -0.374. The highest BCUT2D eigenvalue weighted by molar-refractivity contribution is 5.93. The number of rotatable bonds is 6. The number of allylic oxidation sites excluding steroid dienone is 2. The van der Waals surface area contributed by atoms with E-state index in [0.29, 0.717) is 12.3 Å². The van der Waals surface area contributed by atoms with Crippen molar-refractivity contribution in [2.75, 3.05) is 6.61 Å². The zero-order valence-electron chi connectivity index (χ0n) is 15.7. The van der Waals surface area contributed by atoms with Gasteiger partial charge in [0.1, 0.15) is 11.4 Å². The first-order valence-electron chi connectivity index (χ1n) is 9.24. The lowest BCUT2D eigenvalue weighted by molar-refractivity contribution is 0.0950. The van der Waals surface area contributed by atoms with Crippen molar-refractivity contribution in [1.29, 1.82) is 0 Å². The minimum Gasteiger partial charge on any atom is -0.494 e. The summed E-state index contributed by atoms with van der Waals surface area (Å²) in [5.41, 5.74) is 6.82. The topological polar surface area (TPSA) is 76.5 Å². The van der Waals surface area contributed by atoms with Crippen LogP contribution in [0.1, 0.15) is 50.0 Å². The highest BCUT2D eigenvalue weighted by atomic mass is 16.5. The number of nitrogens with one attached hydrogen (secondary N) is 1. The SMILES string of the molecule is CCOc1ccc(-c2cncc(C(=O)N/N=C/C3=C(C)CCCC3)n2)cc1. The molecule has 1 N–H and O–H groups in total. The summed E-state index contributed by atoms with van der Waals surface area (Å²) < 4.78 is 5.44. The Bertz CT molecular complexity index is 857. The Morgan fingerprint density at radius 3 is 2.74 bits per heavy atom. The monoisotopic (exact) mass is 364 g/mol. The molecule has 140 valence electrons. The number of amides is 1. The molecule has 0 saturated carbocycles. The van der Waals surface area contributed by atoms with Crippen LogP contribution in [-0.4, -0.2) is 28.7 Å². The van der Waals surface area contributed by atoms with Crippen LogP contribution in [0.25, 0.3) is 11.3 Å². The van der Waals surface area contributed by atoms with Crippen molar-refractivity contribution in [2.24, 2.45) is 5.10 Å². The second kappa shape index (κ2) is 9.07. The van der Waals surface area contributed by atoms with Crippen LogP contribution < -0.4 is 10.2 Å². The first-order chi connectivity index (χ1) is 13.2. The van der Waals surface area contributed by atoms with E-state index in [4.69, 9.17) is 4.74 Å². The fraction of sp³-hybridized carbons (Fsp3) is 0.333. The lowest BCUT2D eigenvalue weighted by Crippen LogP contribution is -2.19. The fourth-order valence-electron chi connectivity index (χ4n) is 2.98. The molecule has 2 aromatic rings. The van der Waals surface area contributed by atoms with Gasteiger partial charge in [-0.25, -0.2) is 10.4 Å². The van der Waals surface area contributed by atoms with Crippen molar-refractivity contribution in [1.82, 2.24) is 15.4 Å². The average Bonchev–Trinajstić information content (AvgIpc) is 2.70. The summed E-state index contributed by atoms with van der Waals surface area (Å²) in [5.74, 6) is 0.422. The van der Waals surface area contributed by atoms with Gasteiger partial charge in [-0.15, -0.1) is 0 Å². The standard InChI is InChI=1S/C21H24N4O2/c1-3-27-18-10-8-16(9-11-18)19-13-22-14-20(24-19)21(26)25-23-12-17-7-5-4-6-15(17)2/h8-14H,3-7H2,1-2H3,(H,25,26)/b23-12+. The lowest BCUT2D eigenvalue weighted by atomic mass is 9.94. The van der Waals surface area contributed by atoms with E-state index in [1.807, 2.05) is 31.2 Å². The number of aromatic nitrogens is 2. The van der Waals surface area contributed by atoms with Crippen LogP contribution in [-0.2, 0) is 0 Å². The second-order valence-corrected chi connectivity index (χ2v) is 6.46. The third-order valence-electron chi connectivity index (χ3n) is 4.51. The maximum atomic E-state index is 12.3. The predicted molar refractivity (Wildman–Crippen MR) is 106 cm³/mol. The Balaban J connectivity index is 1.68. The summed E-state index contributed by atoms with van der Waals surface area (Å²) in [7, 11) is 0. The molecule has 1 aliphatic rings. The molecule has 1 amide bonds. The molecular weight excluding hydrogens is 340 g/mol.